The highest BCUT2D eigenvalue weighted by Crippen LogP contribution is 2.26. The molecule has 1 aliphatic rings. The maximum absolute atomic E-state index is 13.1. The molecule has 0 radical (unpaired) electrons. The molecule has 1 heterocycles. The van der Waals surface area contributed by atoms with Crippen molar-refractivity contribution < 1.29 is 4.79 Å². The number of hydrogen-bond acceptors (Lipinski definition) is 2. The number of rotatable bonds is 4. The van der Waals surface area contributed by atoms with E-state index in [-0.39, 0.29) is 5.91 Å². The summed E-state index contributed by atoms with van der Waals surface area (Å²) in [5.41, 5.74) is 3.96. The number of likely N-dealkylation sites (tertiary alicyclic amines) is 1. The van der Waals surface area contributed by atoms with Gasteiger partial charge in [-0.25, -0.2) is 0 Å². The highest BCUT2D eigenvalue weighted by atomic mass is 16.2. The molecule has 3 aromatic rings. The van der Waals surface area contributed by atoms with E-state index >= 15 is 0 Å². The Morgan fingerprint density at radius 3 is 2.27 bits per heavy atom. The van der Waals surface area contributed by atoms with Gasteiger partial charge in [0.05, 0.1) is 0 Å². The van der Waals surface area contributed by atoms with E-state index in [0.29, 0.717) is 6.04 Å². The topological polar surface area (TPSA) is 32.3 Å². The van der Waals surface area contributed by atoms with Gasteiger partial charge in [-0.1, -0.05) is 66.7 Å². The monoisotopic (exact) mass is 342 g/mol. The summed E-state index contributed by atoms with van der Waals surface area (Å²) in [6.45, 7) is 1.52. The molecule has 1 unspecified atom stereocenters. The summed E-state index contributed by atoms with van der Waals surface area (Å²) in [5.74, 6) is 0.113. The Hall–Kier alpha value is -3.07. The molecule has 0 aliphatic carbocycles. The van der Waals surface area contributed by atoms with Crippen LogP contribution < -0.4 is 5.32 Å². The molecule has 0 spiro atoms. The summed E-state index contributed by atoms with van der Waals surface area (Å²) < 4.78 is 0. The van der Waals surface area contributed by atoms with Gasteiger partial charge in [0.25, 0.3) is 5.91 Å². The summed E-state index contributed by atoms with van der Waals surface area (Å²) in [4.78, 5) is 15.1. The number of benzene rings is 3. The van der Waals surface area contributed by atoms with Gasteiger partial charge in [-0.15, -0.1) is 0 Å². The van der Waals surface area contributed by atoms with E-state index in [9.17, 15) is 4.79 Å². The second kappa shape index (κ2) is 7.44. The van der Waals surface area contributed by atoms with E-state index < -0.39 is 0 Å². The smallest absolute Gasteiger partial charge is 0.254 e. The van der Waals surface area contributed by atoms with Crippen LogP contribution in [-0.2, 0) is 0 Å². The molecule has 0 saturated carbocycles. The van der Waals surface area contributed by atoms with Gasteiger partial charge < -0.3 is 10.2 Å². The molecule has 3 nitrogen and oxygen atoms in total. The second-order valence-corrected chi connectivity index (χ2v) is 6.66. The Morgan fingerprint density at radius 1 is 0.846 bits per heavy atom. The van der Waals surface area contributed by atoms with Crippen molar-refractivity contribution in [2.75, 3.05) is 18.4 Å². The predicted octanol–water partition coefficient (Wildman–Crippen LogP) is 4.68. The lowest BCUT2D eigenvalue weighted by Crippen LogP contribution is -2.31. The van der Waals surface area contributed by atoms with Crippen molar-refractivity contribution in [3.8, 4) is 11.1 Å². The third-order valence-electron chi connectivity index (χ3n) is 4.86. The fourth-order valence-electron chi connectivity index (χ4n) is 3.54. The molecule has 1 aliphatic heterocycles. The van der Waals surface area contributed by atoms with E-state index in [1.54, 1.807) is 0 Å². The summed E-state index contributed by atoms with van der Waals surface area (Å²) >= 11 is 0. The molecule has 1 amide bonds. The Morgan fingerprint density at radius 2 is 1.50 bits per heavy atom. The van der Waals surface area contributed by atoms with Gasteiger partial charge in [0, 0.05) is 30.4 Å². The summed E-state index contributed by atoms with van der Waals surface area (Å²) in [7, 11) is 0. The first-order valence-corrected chi connectivity index (χ1v) is 9.06. The van der Waals surface area contributed by atoms with Crippen LogP contribution in [0, 0.1) is 0 Å². The van der Waals surface area contributed by atoms with Crippen LogP contribution in [0.15, 0.2) is 84.9 Å². The molecule has 3 aromatic carbocycles. The van der Waals surface area contributed by atoms with Crippen molar-refractivity contribution >= 4 is 11.6 Å². The molecule has 26 heavy (non-hydrogen) atoms. The minimum absolute atomic E-state index is 0.113. The minimum Gasteiger partial charge on any atom is -0.380 e. The zero-order chi connectivity index (χ0) is 17.8. The van der Waals surface area contributed by atoms with E-state index in [0.717, 1.165) is 41.9 Å². The molecule has 0 bridgehead atoms. The quantitative estimate of drug-likeness (QED) is 0.746. The van der Waals surface area contributed by atoms with Gasteiger partial charge in [-0.05, 0) is 35.7 Å². The van der Waals surface area contributed by atoms with Crippen LogP contribution >= 0.6 is 0 Å². The van der Waals surface area contributed by atoms with Crippen molar-refractivity contribution in [2.24, 2.45) is 0 Å². The highest BCUT2D eigenvalue weighted by molar-refractivity contribution is 6.01. The van der Waals surface area contributed by atoms with Crippen molar-refractivity contribution in [1.29, 1.82) is 0 Å². The van der Waals surface area contributed by atoms with E-state index in [1.807, 2.05) is 65.6 Å². The van der Waals surface area contributed by atoms with E-state index in [4.69, 9.17) is 0 Å². The van der Waals surface area contributed by atoms with E-state index in [2.05, 4.69) is 29.6 Å². The van der Waals surface area contributed by atoms with Crippen LogP contribution in [0.25, 0.3) is 11.1 Å². The number of nitrogens with one attached hydrogen (secondary N) is 1. The fraction of sp³-hybridized carbons (Fsp3) is 0.174. The van der Waals surface area contributed by atoms with Crippen molar-refractivity contribution in [1.82, 2.24) is 4.90 Å². The molecule has 1 atom stereocenters. The van der Waals surface area contributed by atoms with E-state index in [1.165, 1.54) is 0 Å². The first-order chi connectivity index (χ1) is 12.8. The lowest BCUT2D eigenvalue weighted by Gasteiger charge is -2.19. The number of carbonyl (C=O) groups excluding carboxylic acids is 1. The Kier molecular flexibility index (Phi) is 4.69. The largest absolute Gasteiger partial charge is 0.380 e. The fourth-order valence-corrected chi connectivity index (χ4v) is 3.54. The molecule has 3 heteroatoms. The van der Waals surface area contributed by atoms with Crippen LogP contribution in [-0.4, -0.2) is 29.9 Å². The first-order valence-electron chi connectivity index (χ1n) is 9.06. The van der Waals surface area contributed by atoms with Crippen LogP contribution in [0.5, 0.6) is 0 Å². The minimum atomic E-state index is 0.113. The lowest BCUT2D eigenvalue weighted by molar-refractivity contribution is 0.0792. The first kappa shape index (κ1) is 16.4. The standard InChI is InChI=1S/C23H22N2O/c26-23(22-14-8-7-13-21(22)18-9-3-1-4-10-18)25-16-15-20(17-25)24-19-11-5-2-6-12-19/h1-14,20,24H,15-17H2. The summed E-state index contributed by atoms with van der Waals surface area (Å²) in [5, 5.41) is 3.53. The number of anilines is 1. The third kappa shape index (κ3) is 3.47. The number of nitrogens with zero attached hydrogens (tertiary/aromatic N) is 1. The average Bonchev–Trinajstić information content (AvgIpc) is 3.17. The van der Waals surface area contributed by atoms with Crippen molar-refractivity contribution in [2.45, 2.75) is 12.5 Å². The Labute approximate surface area is 154 Å². The number of amides is 1. The zero-order valence-corrected chi connectivity index (χ0v) is 14.6. The second-order valence-electron chi connectivity index (χ2n) is 6.66. The lowest BCUT2D eigenvalue weighted by atomic mass is 9.99. The summed E-state index contributed by atoms with van der Waals surface area (Å²) in [6.07, 6.45) is 0.966. The average molecular weight is 342 g/mol. The maximum atomic E-state index is 13.1. The Balaban J connectivity index is 1.51. The van der Waals surface area contributed by atoms with Gasteiger partial charge in [0.15, 0.2) is 0 Å². The van der Waals surface area contributed by atoms with Gasteiger partial charge in [0.1, 0.15) is 0 Å². The predicted molar refractivity (Wildman–Crippen MR) is 106 cm³/mol. The molecule has 4 rings (SSSR count). The van der Waals surface area contributed by atoms with Crippen molar-refractivity contribution in [3.05, 3.63) is 90.5 Å². The number of para-hydroxylation sites is 1. The van der Waals surface area contributed by atoms with Crippen molar-refractivity contribution in [3.63, 3.8) is 0 Å². The molecular formula is C23H22N2O. The highest BCUT2D eigenvalue weighted by Gasteiger charge is 2.28. The molecular weight excluding hydrogens is 320 g/mol. The molecule has 1 fully saturated rings. The number of hydrogen-bond donors (Lipinski definition) is 1. The normalized spacial score (nSPS) is 16.5. The van der Waals surface area contributed by atoms with Crippen LogP contribution in [0.1, 0.15) is 16.8 Å². The zero-order valence-electron chi connectivity index (χ0n) is 14.6. The Bertz CT molecular complexity index is 877. The van der Waals surface area contributed by atoms with Gasteiger partial charge in [0.2, 0.25) is 0 Å². The molecule has 130 valence electrons. The maximum Gasteiger partial charge on any atom is 0.254 e. The van der Waals surface area contributed by atoms with Gasteiger partial charge in [-0.2, -0.15) is 0 Å². The number of carbonyl (C=O) groups is 1. The molecule has 1 N–H and O–H groups in total. The van der Waals surface area contributed by atoms with Gasteiger partial charge >= 0.3 is 0 Å². The third-order valence-corrected chi connectivity index (χ3v) is 4.86. The summed E-state index contributed by atoms with van der Waals surface area (Å²) in [6, 6.07) is 28.5. The SMILES string of the molecule is O=C(c1ccccc1-c1ccccc1)N1CCC(Nc2ccccc2)C1. The van der Waals surface area contributed by atoms with Crippen LogP contribution in [0.3, 0.4) is 0 Å². The molecule has 1 saturated heterocycles. The van der Waals surface area contributed by atoms with Crippen LogP contribution in [0.4, 0.5) is 5.69 Å². The van der Waals surface area contributed by atoms with Crippen LogP contribution in [0.2, 0.25) is 0 Å². The van der Waals surface area contributed by atoms with Gasteiger partial charge in [-0.3, -0.25) is 4.79 Å². The molecule has 0 aromatic heterocycles.